The van der Waals surface area contributed by atoms with Crippen LogP contribution in [0.1, 0.15) is 13.2 Å². The number of hydrogen-bond donors (Lipinski definition) is 3. The number of rotatable bonds is 5. The molecule has 0 amide bonds. The number of H-pyrrole nitrogens is 1. The summed E-state index contributed by atoms with van der Waals surface area (Å²) in [5.41, 5.74) is 0.00422. The van der Waals surface area contributed by atoms with Crippen LogP contribution >= 0.6 is 0 Å². The Labute approximate surface area is 141 Å². The zero-order valence-electron chi connectivity index (χ0n) is 13.9. The smallest absolute Gasteiger partial charge is 0.303 e. The van der Waals surface area contributed by atoms with E-state index in [1.165, 1.54) is 24.9 Å². The predicted octanol–water partition coefficient (Wildman–Crippen LogP) is -1.00. The second kappa shape index (κ2) is 6.78. The van der Waals surface area contributed by atoms with E-state index in [-0.39, 0.29) is 23.7 Å². The summed E-state index contributed by atoms with van der Waals surface area (Å²) in [6.07, 6.45) is -1.68. The first-order valence-electron chi connectivity index (χ1n) is 7.61. The normalized spacial score (nSPS) is 26.1. The molecule has 3 heterocycles. The molecular formula is C14H19N5O6. The molecule has 4 atom stereocenters. The monoisotopic (exact) mass is 353 g/mol. The molecule has 0 bridgehead atoms. The number of imidazole rings is 1. The topological polar surface area (TPSA) is 141 Å². The first kappa shape index (κ1) is 17.3. The molecule has 11 heteroatoms. The lowest BCUT2D eigenvalue weighted by Gasteiger charge is -2.22. The lowest BCUT2D eigenvalue weighted by atomic mass is 10.1. The average Bonchev–Trinajstić information content (AvgIpc) is 3.15. The van der Waals surface area contributed by atoms with Gasteiger partial charge in [0.1, 0.15) is 12.2 Å². The van der Waals surface area contributed by atoms with Crippen molar-refractivity contribution in [3.63, 3.8) is 0 Å². The van der Waals surface area contributed by atoms with Crippen molar-refractivity contribution in [2.24, 2.45) is 0 Å². The van der Waals surface area contributed by atoms with E-state index in [1.54, 1.807) is 7.05 Å². The van der Waals surface area contributed by atoms with Gasteiger partial charge in [0.2, 0.25) is 5.95 Å². The molecule has 11 nitrogen and oxygen atoms in total. The number of hydrogen-bond acceptors (Lipinski definition) is 9. The van der Waals surface area contributed by atoms with Gasteiger partial charge in [0, 0.05) is 21.1 Å². The van der Waals surface area contributed by atoms with Gasteiger partial charge in [-0.2, -0.15) is 4.98 Å². The predicted molar refractivity (Wildman–Crippen MR) is 85.0 cm³/mol. The number of ether oxygens (including phenoxy) is 3. The number of aromatic amines is 1. The number of methoxy groups -OCH3 is 1. The minimum atomic E-state index is -0.805. The number of nitrogens with one attached hydrogen (secondary N) is 2. The first-order valence-corrected chi connectivity index (χ1v) is 7.61. The molecule has 1 aliphatic rings. The van der Waals surface area contributed by atoms with Crippen molar-refractivity contribution in [3.8, 4) is 0 Å². The third kappa shape index (κ3) is 2.97. The Morgan fingerprint density at radius 2 is 2.28 bits per heavy atom. The molecule has 0 aliphatic carbocycles. The van der Waals surface area contributed by atoms with Crippen LogP contribution < -0.4 is 10.9 Å². The van der Waals surface area contributed by atoms with Crippen molar-refractivity contribution in [1.29, 1.82) is 0 Å². The maximum absolute atomic E-state index is 12.1. The molecule has 1 saturated heterocycles. The fraction of sp³-hybridized carbons (Fsp3) is 0.571. The summed E-state index contributed by atoms with van der Waals surface area (Å²) < 4.78 is 18.0. The van der Waals surface area contributed by atoms with Crippen LogP contribution in [0, 0.1) is 0 Å². The van der Waals surface area contributed by atoms with Gasteiger partial charge in [-0.3, -0.25) is 19.1 Å². The number of aliphatic hydroxyl groups is 1. The molecule has 136 valence electrons. The van der Waals surface area contributed by atoms with Crippen LogP contribution in [-0.4, -0.2) is 69.7 Å². The molecule has 1 fully saturated rings. The Morgan fingerprint density at radius 3 is 2.88 bits per heavy atom. The summed E-state index contributed by atoms with van der Waals surface area (Å²) in [7, 11) is 3.06. The molecule has 2 aromatic heterocycles. The third-order valence-electron chi connectivity index (χ3n) is 3.98. The van der Waals surface area contributed by atoms with Crippen LogP contribution in [0.25, 0.3) is 11.2 Å². The van der Waals surface area contributed by atoms with Gasteiger partial charge in [-0.15, -0.1) is 0 Å². The summed E-state index contributed by atoms with van der Waals surface area (Å²) in [5.74, 6) is -0.251. The number of esters is 1. The Kier molecular flexibility index (Phi) is 4.70. The summed E-state index contributed by atoms with van der Waals surface area (Å²) in [4.78, 5) is 34.3. The average molecular weight is 353 g/mol. The van der Waals surface area contributed by atoms with Crippen LogP contribution in [0.4, 0.5) is 5.95 Å². The molecular weight excluding hydrogens is 334 g/mol. The number of nitrogens with zero attached hydrogens (tertiary/aromatic N) is 3. The van der Waals surface area contributed by atoms with E-state index in [0.29, 0.717) is 0 Å². The van der Waals surface area contributed by atoms with Gasteiger partial charge in [-0.1, -0.05) is 0 Å². The van der Waals surface area contributed by atoms with Crippen LogP contribution in [0.5, 0.6) is 0 Å². The molecule has 3 N–H and O–H groups in total. The zero-order valence-corrected chi connectivity index (χ0v) is 13.9. The quantitative estimate of drug-likeness (QED) is 0.577. The molecule has 3 rings (SSSR count). The molecule has 0 spiro atoms. The van der Waals surface area contributed by atoms with Crippen molar-refractivity contribution in [2.45, 2.75) is 31.5 Å². The number of carbonyl (C=O) groups is 1. The highest BCUT2D eigenvalue weighted by atomic mass is 16.6. The fourth-order valence-corrected chi connectivity index (χ4v) is 2.89. The van der Waals surface area contributed by atoms with E-state index in [2.05, 4.69) is 20.3 Å². The lowest BCUT2D eigenvalue weighted by molar-refractivity contribution is -0.154. The van der Waals surface area contributed by atoms with Crippen molar-refractivity contribution >= 4 is 23.1 Å². The summed E-state index contributed by atoms with van der Waals surface area (Å²) in [6.45, 7) is 0.901. The van der Waals surface area contributed by atoms with Crippen LogP contribution in [-0.2, 0) is 19.0 Å². The number of aliphatic hydroxyl groups excluding tert-OH is 1. The molecule has 1 aliphatic heterocycles. The lowest BCUT2D eigenvalue weighted by Crippen LogP contribution is -2.38. The number of carbonyl (C=O) groups excluding carboxylic acids is 1. The highest BCUT2D eigenvalue weighted by Gasteiger charge is 2.48. The molecule has 0 aromatic carbocycles. The van der Waals surface area contributed by atoms with E-state index in [1.807, 2.05) is 0 Å². The number of aromatic nitrogens is 4. The van der Waals surface area contributed by atoms with E-state index in [0.717, 1.165) is 0 Å². The minimum absolute atomic E-state index is 0.133. The van der Waals surface area contributed by atoms with Crippen LogP contribution in [0.2, 0.25) is 0 Å². The first-order chi connectivity index (χ1) is 12.0. The van der Waals surface area contributed by atoms with E-state index in [9.17, 15) is 14.7 Å². The number of anilines is 1. The van der Waals surface area contributed by atoms with E-state index >= 15 is 0 Å². The Balaban J connectivity index is 2.06. The van der Waals surface area contributed by atoms with Gasteiger partial charge < -0.3 is 24.6 Å². The summed E-state index contributed by atoms with van der Waals surface area (Å²) in [5, 5.41) is 12.3. The highest BCUT2D eigenvalue weighted by Crippen LogP contribution is 2.34. The van der Waals surface area contributed by atoms with Gasteiger partial charge in [0.25, 0.3) is 5.56 Å². The van der Waals surface area contributed by atoms with Crippen LogP contribution in [0.3, 0.4) is 0 Å². The van der Waals surface area contributed by atoms with Crippen LogP contribution in [0.15, 0.2) is 11.1 Å². The Bertz CT molecular complexity index is 833. The molecule has 0 radical (unpaired) electrons. The second-order valence-electron chi connectivity index (χ2n) is 5.51. The van der Waals surface area contributed by atoms with E-state index in [4.69, 9.17) is 14.2 Å². The van der Waals surface area contributed by atoms with Gasteiger partial charge in [-0.05, 0) is 0 Å². The van der Waals surface area contributed by atoms with Gasteiger partial charge >= 0.3 is 5.97 Å². The number of fused-ring (bicyclic) bond motifs is 1. The van der Waals surface area contributed by atoms with E-state index < -0.39 is 36.1 Å². The van der Waals surface area contributed by atoms with Gasteiger partial charge in [-0.25, -0.2) is 4.98 Å². The Morgan fingerprint density at radius 1 is 1.52 bits per heavy atom. The molecule has 25 heavy (non-hydrogen) atoms. The third-order valence-corrected chi connectivity index (χ3v) is 3.98. The standard InChI is InChI=1S/C14H19N5O6/c1-6(21)24-9-7(4-20)25-13(10(9)23-3)19-5-16-8-11(19)17-14(15-2)18-12(8)22/h5,7,9-10,13,20H,4H2,1-3H3,(H2,15,17,18,22)/t7-,9?,10+,13-/m1/s1. The SMILES string of the molecule is CNc1nc2c(ncn2[C@@H]2O[C@H](CO)C(OC(C)=O)[C@@H]2OC)c(=O)[nH]1. The zero-order chi connectivity index (χ0) is 18.1. The van der Waals surface area contributed by atoms with Gasteiger partial charge in [0.15, 0.2) is 23.5 Å². The molecule has 0 saturated carbocycles. The molecule has 2 aromatic rings. The minimum Gasteiger partial charge on any atom is -0.457 e. The maximum atomic E-state index is 12.1. The summed E-state index contributed by atoms with van der Waals surface area (Å²) >= 11 is 0. The second-order valence-corrected chi connectivity index (χ2v) is 5.51. The van der Waals surface area contributed by atoms with Crippen molar-refractivity contribution in [3.05, 3.63) is 16.7 Å². The van der Waals surface area contributed by atoms with Crippen molar-refractivity contribution in [1.82, 2.24) is 19.5 Å². The highest BCUT2D eigenvalue weighted by molar-refractivity contribution is 5.71. The van der Waals surface area contributed by atoms with Gasteiger partial charge in [0.05, 0.1) is 12.9 Å². The molecule has 1 unspecified atom stereocenters. The van der Waals surface area contributed by atoms with Crippen molar-refractivity contribution in [2.75, 3.05) is 26.1 Å². The summed E-state index contributed by atoms with van der Waals surface area (Å²) in [6, 6.07) is 0. The Hall–Kier alpha value is -2.50. The largest absolute Gasteiger partial charge is 0.457 e. The maximum Gasteiger partial charge on any atom is 0.303 e. The fourth-order valence-electron chi connectivity index (χ4n) is 2.89. The van der Waals surface area contributed by atoms with Crippen molar-refractivity contribution < 1.29 is 24.1 Å².